The summed E-state index contributed by atoms with van der Waals surface area (Å²) in [5.41, 5.74) is 7.35. The third kappa shape index (κ3) is 3.09. The van der Waals surface area contributed by atoms with Crippen LogP contribution >= 0.6 is 0 Å². The molecule has 2 rings (SSSR count). The predicted molar refractivity (Wildman–Crippen MR) is 72.1 cm³/mol. The van der Waals surface area contributed by atoms with Gasteiger partial charge in [-0.05, 0) is 31.5 Å². The minimum atomic E-state index is -0.390. The minimum Gasteiger partial charge on any atom is -0.399 e. The Morgan fingerprint density at radius 2 is 2.00 bits per heavy atom. The van der Waals surface area contributed by atoms with E-state index in [4.69, 9.17) is 5.73 Å². The number of nitrogen functional groups attached to an aromatic ring is 1. The van der Waals surface area contributed by atoms with E-state index < -0.39 is 6.04 Å². The minimum absolute atomic E-state index is 0.0842. The van der Waals surface area contributed by atoms with Crippen molar-refractivity contribution in [3.63, 3.8) is 0 Å². The van der Waals surface area contributed by atoms with Crippen molar-refractivity contribution in [2.24, 2.45) is 0 Å². The molecule has 2 unspecified atom stereocenters. The number of aromatic nitrogens is 3. The molecule has 0 saturated heterocycles. The third-order valence-electron chi connectivity index (χ3n) is 3.01. The van der Waals surface area contributed by atoms with Crippen molar-refractivity contribution < 1.29 is 4.79 Å². The summed E-state index contributed by atoms with van der Waals surface area (Å²) in [7, 11) is 0. The van der Waals surface area contributed by atoms with Gasteiger partial charge in [0.05, 0.1) is 6.04 Å². The van der Waals surface area contributed by atoms with Crippen molar-refractivity contribution in [3.05, 3.63) is 42.5 Å². The molecule has 0 aliphatic carbocycles. The highest BCUT2D eigenvalue weighted by atomic mass is 16.2. The molecule has 100 valence electrons. The molecule has 2 aromatic rings. The lowest BCUT2D eigenvalue weighted by Gasteiger charge is -2.18. The van der Waals surface area contributed by atoms with Gasteiger partial charge < -0.3 is 11.1 Å². The molecule has 0 saturated carbocycles. The lowest BCUT2D eigenvalue weighted by atomic mass is 10.1. The van der Waals surface area contributed by atoms with E-state index in [0.29, 0.717) is 5.69 Å². The molecule has 1 heterocycles. The van der Waals surface area contributed by atoms with Crippen LogP contribution in [0.3, 0.4) is 0 Å². The predicted octanol–water partition coefficient (Wildman–Crippen LogP) is 1.30. The molecule has 1 aromatic heterocycles. The zero-order valence-electron chi connectivity index (χ0n) is 10.9. The number of anilines is 1. The first-order valence-corrected chi connectivity index (χ1v) is 6.08. The Bertz CT molecular complexity index is 535. The highest BCUT2D eigenvalue weighted by molar-refractivity contribution is 5.80. The number of rotatable bonds is 4. The van der Waals surface area contributed by atoms with E-state index in [1.54, 1.807) is 6.92 Å². The molecule has 19 heavy (non-hydrogen) atoms. The number of carbonyl (C=O) groups excluding carboxylic acids is 1. The van der Waals surface area contributed by atoms with Gasteiger partial charge in [-0.1, -0.05) is 12.1 Å². The highest BCUT2D eigenvalue weighted by Crippen LogP contribution is 2.15. The van der Waals surface area contributed by atoms with Gasteiger partial charge in [-0.15, -0.1) is 0 Å². The van der Waals surface area contributed by atoms with Crippen LogP contribution in [0.2, 0.25) is 0 Å². The molecule has 6 nitrogen and oxygen atoms in total. The van der Waals surface area contributed by atoms with Gasteiger partial charge in [0.2, 0.25) is 5.91 Å². The molecular weight excluding hydrogens is 242 g/mol. The van der Waals surface area contributed by atoms with Crippen molar-refractivity contribution in [3.8, 4) is 0 Å². The van der Waals surface area contributed by atoms with Gasteiger partial charge in [0.1, 0.15) is 18.7 Å². The fraction of sp³-hybridized carbons (Fsp3) is 0.308. The van der Waals surface area contributed by atoms with Crippen LogP contribution in [-0.2, 0) is 4.79 Å². The summed E-state index contributed by atoms with van der Waals surface area (Å²) in [4.78, 5) is 15.9. The summed E-state index contributed by atoms with van der Waals surface area (Å²) in [6.45, 7) is 3.71. The summed E-state index contributed by atoms with van der Waals surface area (Å²) >= 11 is 0. The molecule has 0 aliphatic rings. The number of nitrogens with two attached hydrogens (primary N) is 1. The molecule has 0 fully saturated rings. The first kappa shape index (κ1) is 13.1. The molecule has 0 bridgehead atoms. The molecule has 0 radical (unpaired) electrons. The van der Waals surface area contributed by atoms with Crippen LogP contribution in [0.1, 0.15) is 31.5 Å². The Morgan fingerprint density at radius 1 is 1.32 bits per heavy atom. The van der Waals surface area contributed by atoms with Crippen molar-refractivity contribution in [1.82, 2.24) is 20.1 Å². The third-order valence-corrected chi connectivity index (χ3v) is 3.01. The maximum absolute atomic E-state index is 12.1. The topological polar surface area (TPSA) is 85.8 Å². The maximum Gasteiger partial charge on any atom is 0.245 e. The van der Waals surface area contributed by atoms with Crippen LogP contribution in [0.25, 0.3) is 0 Å². The number of nitrogens with zero attached hydrogens (tertiary/aromatic N) is 3. The summed E-state index contributed by atoms with van der Waals surface area (Å²) in [5, 5.41) is 6.89. The van der Waals surface area contributed by atoms with Crippen LogP contribution < -0.4 is 11.1 Å². The van der Waals surface area contributed by atoms with E-state index >= 15 is 0 Å². The van der Waals surface area contributed by atoms with Gasteiger partial charge in [0.15, 0.2) is 0 Å². The van der Waals surface area contributed by atoms with Gasteiger partial charge in [0, 0.05) is 5.69 Å². The lowest BCUT2D eigenvalue weighted by molar-refractivity contribution is -0.124. The molecule has 3 N–H and O–H groups in total. The van der Waals surface area contributed by atoms with Gasteiger partial charge in [0.25, 0.3) is 0 Å². The van der Waals surface area contributed by atoms with Crippen LogP contribution in [0, 0.1) is 0 Å². The largest absolute Gasteiger partial charge is 0.399 e. The summed E-state index contributed by atoms with van der Waals surface area (Å²) in [5.74, 6) is -0.102. The molecule has 0 spiro atoms. The van der Waals surface area contributed by atoms with Crippen molar-refractivity contribution in [2.45, 2.75) is 25.9 Å². The van der Waals surface area contributed by atoms with E-state index in [0.717, 1.165) is 5.56 Å². The second kappa shape index (κ2) is 5.51. The number of carbonyl (C=O) groups is 1. The van der Waals surface area contributed by atoms with Gasteiger partial charge in [-0.25, -0.2) is 9.67 Å². The zero-order valence-corrected chi connectivity index (χ0v) is 10.9. The Kier molecular flexibility index (Phi) is 3.79. The van der Waals surface area contributed by atoms with E-state index in [1.807, 2.05) is 31.2 Å². The van der Waals surface area contributed by atoms with Crippen LogP contribution in [-0.4, -0.2) is 20.7 Å². The monoisotopic (exact) mass is 259 g/mol. The summed E-state index contributed by atoms with van der Waals surface area (Å²) in [6, 6.07) is 6.97. The van der Waals surface area contributed by atoms with E-state index in [2.05, 4.69) is 15.4 Å². The first-order valence-electron chi connectivity index (χ1n) is 6.08. The second-order valence-corrected chi connectivity index (χ2v) is 4.45. The Balaban J connectivity index is 2.00. The van der Waals surface area contributed by atoms with Gasteiger partial charge >= 0.3 is 0 Å². The summed E-state index contributed by atoms with van der Waals surface area (Å²) < 4.78 is 1.52. The fourth-order valence-electron chi connectivity index (χ4n) is 1.74. The number of hydrogen-bond acceptors (Lipinski definition) is 4. The average molecular weight is 259 g/mol. The molecule has 0 aliphatic heterocycles. The second-order valence-electron chi connectivity index (χ2n) is 4.45. The zero-order chi connectivity index (χ0) is 13.8. The highest BCUT2D eigenvalue weighted by Gasteiger charge is 2.17. The SMILES string of the molecule is CC(NC(=O)C(C)n1cncn1)c1ccc(N)cc1. The fourth-order valence-corrected chi connectivity index (χ4v) is 1.74. The van der Waals surface area contributed by atoms with E-state index in [9.17, 15) is 4.79 Å². The van der Waals surface area contributed by atoms with Gasteiger partial charge in [-0.3, -0.25) is 4.79 Å². The average Bonchev–Trinajstić information content (AvgIpc) is 2.92. The molecule has 6 heteroatoms. The van der Waals surface area contributed by atoms with Crippen molar-refractivity contribution in [1.29, 1.82) is 0 Å². The van der Waals surface area contributed by atoms with E-state index in [1.165, 1.54) is 17.3 Å². The molecule has 1 aromatic carbocycles. The van der Waals surface area contributed by atoms with Crippen molar-refractivity contribution in [2.75, 3.05) is 5.73 Å². The number of benzene rings is 1. The molecular formula is C13H17N5O. The Morgan fingerprint density at radius 3 is 2.58 bits per heavy atom. The van der Waals surface area contributed by atoms with Gasteiger partial charge in [-0.2, -0.15) is 5.10 Å². The quantitative estimate of drug-likeness (QED) is 0.810. The van der Waals surface area contributed by atoms with Crippen LogP contribution in [0.4, 0.5) is 5.69 Å². The first-order chi connectivity index (χ1) is 9.08. The summed E-state index contributed by atoms with van der Waals surface area (Å²) in [6.07, 6.45) is 2.94. The van der Waals surface area contributed by atoms with Crippen LogP contribution in [0.5, 0.6) is 0 Å². The maximum atomic E-state index is 12.1. The number of hydrogen-bond donors (Lipinski definition) is 2. The Labute approximate surface area is 111 Å². The molecule has 1 amide bonds. The van der Waals surface area contributed by atoms with E-state index in [-0.39, 0.29) is 11.9 Å². The molecule has 2 atom stereocenters. The number of nitrogens with one attached hydrogen (secondary N) is 1. The normalized spacial score (nSPS) is 13.8. The smallest absolute Gasteiger partial charge is 0.245 e. The number of amides is 1. The lowest BCUT2D eigenvalue weighted by Crippen LogP contribution is -2.33. The standard InChI is InChI=1S/C13H17N5O/c1-9(11-3-5-12(14)6-4-11)17-13(19)10(2)18-8-15-7-16-18/h3-10H,14H2,1-2H3,(H,17,19). The van der Waals surface area contributed by atoms with Crippen molar-refractivity contribution >= 4 is 11.6 Å². The Hall–Kier alpha value is -2.37. The van der Waals surface area contributed by atoms with Crippen LogP contribution in [0.15, 0.2) is 36.9 Å².